The number of rotatable bonds is 4. The second kappa shape index (κ2) is 8.61. The first kappa shape index (κ1) is 21.5. The number of fused-ring (bicyclic) bond motifs is 2. The van der Waals surface area contributed by atoms with Crippen molar-refractivity contribution in [1.82, 2.24) is 19.3 Å². The van der Waals surface area contributed by atoms with Crippen LogP contribution >= 0.6 is 22.9 Å². The average Bonchev–Trinajstić information content (AvgIpc) is 3.33. The highest BCUT2D eigenvalue weighted by atomic mass is 35.5. The molecule has 0 atom stereocenters. The maximum Gasteiger partial charge on any atom is 0.336 e. The Bertz CT molecular complexity index is 1840. The number of hydrogen-bond acceptors (Lipinski definition) is 5. The summed E-state index contributed by atoms with van der Waals surface area (Å²) < 4.78 is 3.37. The summed E-state index contributed by atoms with van der Waals surface area (Å²) in [6.07, 6.45) is 3.20. The van der Waals surface area contributed by atoms with Gasteiger partial charge in [-0.25, -0.2) is 9.36 Å². The lowest BCUT2D eigenvalue weighted by atomic mass is 10.1. The lowest BCUT2D eigenvalue weighted by molar-refractivity contribution is 0.713. The molecule has 6 aromatic rings. The minimum absolute atomic E-state index is 0.245. The van der Waals surface area contributed by atoms with E-state index in [2.05, 4.69) is 10.2 Å². The Labute approximate surface area is 208 Å². The molecule has 3 heterocycles. The van der Waals surface area contributed by atoms with Crippen LogP contribution in [0.15, 0.2) is 101 Å². The number of benzene rings is 3. The zero-order valence-corrected chi connectivity index (χ0v) is 19.8. The van der Waals surface area contributed by atoms with Crippen molar-refractivity contribution in [3.05, 3.63) is 123 Å². The molecular weight excluding hydrogens is 480 g/mol. The van der Waals surface area contributed by atoms with E-state index in [-0.39, 0.29) is 12.1 Å². The van der Waals surface area contributed by atoms with E-state index in [1.54, 1.807) is 29.1 Å². The van der Waals surface area contributed by atoms with Crippen molar-refractivity contribution in [1.29, 1.82) is 0 Å². The van der Waals surface area contributed by atoms with E-state index in [0.29, 0.717) is 20.9 Å². The topological polar surface area (TPSA) is 69.8 Å². The molecule has 0 bridgehead atoms. The first-order valence-electron chi connectivity index (χ1n) is 10.9. The van der Waals surface area contributed by atoms with Gasteiger partial charge in [-0.15, -0.1) is 11.3 Å². The van der Waals surface area contributed by atoms with Crippen LogP contribution in [-0.4, -0.2) is 19.3 Å². The third kappa shape index (κ3) is 3.65. The van der Waals surface area contributed by atoms with Gasteiger partial charge in [-0.05, 0) is 35.2 Å². The van der Waals surface area contributed by atoms with Crippen molar-refractivity contribution >= 4 is 43.9 Å². The maximum absolute atomic E-state index is 13.9. The predicted molar refractivity (Wildman–Crippen MR) is 141 cm³/mol. The summed E-state index contributed by atoms with van der Waals surface area (Å²) in [6, 6.07) is 24.5. The van der Waals surface area contributed by atoms with Crippen LogP contribution in [0, 0.1) is 0 Å². The quantitative estimate of drug-likeness (QED) is 0.322. The standard InChI is InChI=1S/C27H17ClN4O2S/c28-21-10-4-3-9-20(21)24-14-23-25(35-24)26(33)32(22-11-5-7-18-6-1-2-8-19(18)22)27(34)31(23)16-17-12-13-29-30-15-17/h1-15H,16H2. The van der Waals surface area contributed by atoms with Crippen molar-refractivity contribution in [2.75, 3.05) is 0 Å². The van der Waals surface area contributed by atoms with Gasteiger partial charge in [0.1, 0.15) is 4.70 Å². The zero-order valence-electron chi connectivity index (χ0n) is 18.3. The van der Waals surface area contributed by atoms with E-state index < -0.39 is 5.69 Å². The SMILES string of the molecule is O=c1c2sc(-c3ccccc3Cl)cc2n(Cc2ccnnc2)c(=O)n1-c1cccc2ccccc12. The lowest BCUT2D eigenvalue weighted by Gasteiger charge is -2.13. The molecule has 0 radical (unpaired) electrons. The number of halogens is 1. The maximum atomic E-state index is 13.9. The van der Waals surface area contributed by atoms with E-state index >= 15 is 0 Å². The molecule has 3 aromatic heterocycles. The largest absolute Gasteiger partial charge is 0.336 e. The highest BCUT2D eigenvalue weighted by molar-refractivity contribution is 7.22. The Hall–Kier alpha value is -4.07. The molecule has 0 aliphatic carbocycles. The Morgan fingerprint density at radius 2 is 1.69 bits per heavy atom. The summed E-state index contributed by atoms with van der Waals surface area (Å²) in [5, 5.41) is 10.1. The first-order chi connectivity index (χ1) is 17.1. The van der Waals surface area contributed by atoms with Crippen molar-refractivity contribution in [3.8, 4) is 16.1 Å². The molecule has 0 N–H and O–H groups in total. The number of aromatic nitrogens is 4. The molecule has 8 heteroatoms. The van der Waals surface area contributed by atoms with Gasteiger partial charge in [-0.3, -0.25) is 9.36 Å². The fourth-order valence-electron chi connectivity index (χ4n) is 4.30. The molecule has 6 nitrogen and oxygen atoms in total. The van der Waals surface area contributed by atoms with E-state index in [4.69, 9.17) is 11.6 Å². The molecule has 0 aliphatic heterocycles. The van der Waals surface area contributed by atoms with Crippen LogP contribution in [-0.2, 0) is 6.54 Å². The highest BCUT2D eigenvalue weighted by Gasteiger charge is 2.20. The van der Waals surface area contributed by atoms with E-state index in [9.17, 15) is 9.59 Å². The Kier molecular flexibility index (Phi) is 5.28. The molecule has 35 heavy (non-hydrogen) atoms. The van der Waals surface area contributed by atoms with Crippen molar-refractivity contribution < 1.29 is 0 Å². The average molecular weight is 497 g/mol. The van der Waals surface area contributed by atoms with Crippen LogP contribution in [0.25, 0.3) is 37.1 Å². The van der Waals surface area contributed by atoms with Crippen LogP contribution in [0.2, 0.25) is 5.02 Å². The monoisotopic (exact) mass is 496 g/mol. The Morgan fingerprint density at radius 3 is 2.51 bits per heavy atom. The van der Waals surface area contributed by atoms with Gasteiger partial charge in [-0.2, -0.15) is 10.2 Å². The summed E-state index contributed by atoms with van der Waals surface area (Å²) >= 11 is 7.79. The summed E-state index contributed by atoms with van der Waals surface area (Å²) in [5.41, 5.74) is 1.96. The van der Waals surface area contributed by atoms with Crippen LogP contribution in [0.3, 0.4) is 0 Å². The zero-order chi connectivity index (χ0) is 23.9. The van der Waals surface area contributed by atoms with Gasteiger partial charge in [0.2, 0.25) is 0 Å². The molecule has 170 valence electrons. The minimum Gasteiger partial charge on any atom is -0.287 e. The van der Waals surface area contributed by atoms with Gasteiger partial charge in [0.15, 0.2) is 0 Å². The third-order valence-corrected chi connectivity index (χ3v) is 7.43. The molecule has 6 rings (SSSR count). The second-order valence-electron chi connectivity index (χ2n) is 8.06. The van der Waals surface area contributed by atoms with Gasteiger partial charge in [0, 0.05) is 27.0 Å². The van der Waals surface area contributed by atoms with Crippen molar-refractivity contribution in [3.63, 3.8) is 0 Å². The van der Waals surface area contributed by atoms with E-state index in [1.165, 1.54) is 15.9 Å². The van der Waals surface area contributed by atoms with Gasteiger partial charge in [-0.1, -0.05) is 66.2 Å². The summed E-state index contributed by atoms with van der Waals surface area (Å²) in [6.45, 7) is 0.245. The van der Waals surface area contributed by atoms with Gasteiger partial charge >= 0.3 is 5.69 Å². The Morgan fingerprint density at radius 1 is 0.886 bits per heavy atom. The molecule has 0 saturated heterocycles. The molecular formula is C27H17ClN4O2S. The minimum atomic E-state index is -0.417. The number of hydrogen-bond donors (Lipinski definition) is 0. The molecule has 0 spiro atoms. The highest BCUT2D eigenvalue weighted by Crippen LogP contribution is 2.35. The molecule has 0 fully saturated rings. The molecule has 0 amide bonds. The van der Waals surface area contributed by atoms with Gasteiger partial charge in [0.25, 0.3) is 5.56 Å². The van der Waals surface area contributed by atoms with Gasteiger partial charge < -0.3 is 0 Å². The summed E-state index contributed by atoms with van der Waals surface area (Å²) in [4.78, 5) is 28.6. The molecule has 0 saturated carbocycles. The summed E-state index contributed by atoms with van der Waals surface area (Å²) in [7, 11) is 0. The Balaban J connectivity index is 1.70. The smallest absolute Gasteiger partial charge is 0.287 e. The van der Waals surface area contributed by atoms with E-state index in [0.717, 1.165) is 26.8 Å². The van der Waals surface area contributed by atoms with Crippen LogP contribution in [0.1, 0.15) is 5.56 Å². The molecule has 3 aromatic carbocycles. The van der Waals surface area contributed by atoms with Crippen molar-refractivity contribution in [2.45, 2.75) is 6.54 Å². The predicted octanol–water partition coefficient (Wildman–Crippen LogP) is 5.53. The second-order valence-corrected chi connectivity index (χ2v) is 9.52. The van der Waals surface area contributed by atoms with E-state index in [1.807, 2.05) is 66.7 Å². The third-order valence-electron chi connectivity index (χ3n) is 5.96. The lowest BCUT2D eigenvalue weighted by Crippen LogP contribution is -2.38. The van der Waals surface area contributed by atoms with Gasteiger partial charge in [0.05, 0.1) is 23.9 Å². The van der Waals surface area contributed by atoms with Crippen LogP contribution < -0.4 is 11.2 Å². The van der Waals surface area contributed by atoms with Crippen LogP contribution in [0.4, 0.5) is 0 Å². The first-order valence-corrected chi connectivity index (χ1v) is 12.1. The molecule has 0 unspecified atom stereocenters. The number of thiophene rings is 1. The fraction of sp³-hybridized carbons (Fsp3) is 0.0370. The summed E-state index contributed by atoms with van der Waals surface area (Å²) in [5.74, 6) is 0. The molecule has 0 aliphatic rings. The fourth-order valence-corrected chi connectivity index (χ4v) is 5.73. The number of nitrogens with zero attached hydrogens (tertiary/aromatic N) is 4. The van der Waals surface area contributed by atoms with Crippen LogP contribution in [0.5, 0.6) is 0 Å². The van der Waals surface area contributed by atoms with Crippen molar-refractivity contribution in [2.24, 2.45) is 0 Å². The normalized spacial score (nSPS) is 11.3.